The molecule has 2 unspecified atom stereocenters. The predicted molar refractivity (Wildman–Crippen MR) is 87.4 cm³/mol. The predicted octanol–water partition coefficient (Wildman–Crippen LogP) is 4.16. The zero-order valence-corrected chi connectivity index (χ0v) is 13.4. The Bertz CT molecular complexity index is 414. The maximum atomic E-state index is 4.47. The van der Waals surface area contributed by atoms with Crippen LogP contribution in [0.2, 0.25) is 0 Å². The SMILES string of the molecule is CC(C)CC1CCCC(Nc2cccnc2N(C)C)C1. The van der Waals surface area contributed by atoms with E-state index in [1.807, 2.05) is 12.3 Å². The summed E-state index contributed by atoms with van der Waals surface area (Å²) in [5, 5.41) is 3.73. The molecule has 3 nitrogen and oxygen atoms in total. The van der Waals surface area contributed by atoms with Crippen molar-refractivity contribution in [1.82, 2.24) is 4.98 Å². The van der Waals surface area contributed by atoms with E-state index in [9.17, 15) is 0 Å². The van der Waals surface area contributed by atoms with E-state index < -0.39 is 0 Å². The van der Waals surface area contributed by atoms with Crippen molar-refractivity contribution < 1.29 is 0 Å². The summed E-state index contributed by atoms with van der Waals surface area (Å²) < 4.78 is 0. The molecule has 2 rings (SSSR count). The van der Waals surface area contributed by atoms with Crippen molar-refractivity contribution in [2.45, 2.75) is 52.0 Å². The Balaban J connectivity index is 1.99. The highest BCUT2D eigenvalue weighted by molar-refractivity contribution is 5.65. The van der Waals surface area contributed by atoms with Gasteiger partial charge in [-0.25, -0.2) is 4.98 Å². The fraction of sp³-hybridized carbons (Fsp3) is 0.706. The second kappa shape index (κ2) is 6.96. The molecule has 0 aliphatic heterocycles. The maximum Gasteiger partial charge on any atom is 0.151 e. The maximum absolute atomic E-state index is 4.47. The van der Waals surface area contributed by atoms with Gasteiger partial charge in [0, 0.05) is 26.3 Å². The minimum absolute atomic E-state index is 0.607. The van der Waals surface area contributed by atoms with Crippen LogP contribution in [-0.4, -0.2) is 25.1 Å². The second-order valence-corrected chi connectivity index (χ2v) is 6.77. The van der Waals surface area contributed by atoms with E-state index in [2.05, 4.69) is 49.2 Å². The lowest BCUT2D eigenvalue weighted by Gasteiger charge is -2.32. The molecule has 1 heterocycles. The van der Waals surface area contributed by atoms with Gasteiger partial charge in [0.15, 0.2) is 5.82 Å². The fourth-order valence-corrected chi connectivity index (χ4v) is 3.39. The van der Waals surface area contributed by atoms with Crippen molar-refractivity contribution in [3.8, 4) is 0 Å². The lowest BCUT2D eigenvalue weighted by molar-refractivity contribution is 0.289. The van der Waals surface area contributed by atoms with E-state index in [0.717, 1.165) is 17.7 Å². The number of rotatable bonds is 5. The highest BCUT2D eigenvalue weighted by atomic mass is 15.2. The molecule has 1 aromatic rings. The Morgan fingerprint density at radius 2 is 2.15 bits per heavy atom. The summed E-state index contributed by atoms with van der Waals surface area (Å²) in [5.74, 6) is 2.74. The smallest absolute Gasteiger partial charge is 0.151 e. The van der Waals surface area contributed by atoms with Gasteiger partial charge in [-0.3, -0.25) is 0 Å². The molecule has 0 spiro atoms. The molecule has 1 aromatic heterocycles. The highest BCUT2D eigenvalue weighted by Crippen LogP contribution is 2.32. The van der Waals surface area contributed by atoms with E-state index in [4.69, 9.17) is 0 Å². The lowest BCUT2D eigenvalue weighted by Crippen LogP contribution is -2.29. The highest BCUT2D eigenvalue weighted by Gasteiger charge is 2.23. The molecule has 0 saturated heterocycles. The van der Waals surface area contributed by atoms with Gasteiger partial charge in [-0.05, 0) is 43.2 Å². The van der Waals surface area contributed by atoms with Crippen molar-refractivity contribution in [3.63, 3.8) is 0 Å². The molecular formula is C17H29N3. The van der Waals surface area contributed by atoms with Crippen molar-refractivity contribution in [3.05, 3.63) is 18.3 Å². The van der Waals surface area contributed by atoms with Crippen molar-refractivity contribution in [2.75, 3.05) is 24.3 Å². The largest absolute Gasteiger partial charge is 0.379 e. The first-order valence-electron chi connectivity index (χ1n) is 7.95. The summed E-state index contributed by atoms with van der Waals surface area (Å²) in [5.41, 5.74) is 1.17. The molecule has 1 aliphatic carbocycles. The molecule has 112 valence electrons. The molecule has 0 aromatic carbocycles. The van der Waals surface area contributed by atoms with Gasteiger partial charge in [0.2, 0.25) is 0 Å². The topological polar surface area (TPSA) is 28.2 Å². The second-order valence-electron chi connectivity index (χ2n) is 6.77. The zero-order chi connectivity index (χ0) is 14.5. The molecule has 20 heavy (non-hydrogen) atoms. The number of pyridine rings is 1. The van der Waals surface area contributed by atoms with Crippen LogP contribution in [0.5, 0.6) is 0 Å². The Kier molecular flexibility index (Phi) is 5.27. The third-order valence-electron chi connectivity index (χ3n) is 4.16. The van der Waals surface area contributed by atoms with Crippen LogP contribution < -0.4 is 10.2 Å². The van der Waals surface area contributed by atoms with Crippen molar-refractivity contribution in [1.29, 1.82) is 0 Å². The first kappa shape index (κ1) is 15.1. The van der Waals surface area contributed by atoms with Crippen LogP contribution in [0.4, 0.5) is 11.5 Å². The normalized spacial score (nSPS) is 22.9. The summed E-state index contributed by atoms with van der Waals surface area (Å²) in [6.45, 7) is 4.67. The quantitative estimate of drug-likeness (QED) is 0.874. The molecule has 0 radical (unpaired) electrons. The number of aromatic nitrogens is 1. The molecular weight excluding hydrogens is 246 g/mol. The van der Waals surface area contributed by atoms with Crippen LogP contribution in [0, 0.1) is 11.8 Å². The van der Waals surface area contributed by atoms with Crippen molar-refractivity contribution in [2.24, 2.45) is 11.8 Å². The average molecular weight is 275 g/mol. The molecule has 1 saturated carbocycles. The number of hydrogen-bond acceptors (Lipinski definition) is 3. The summed E-state index contributed by atoms with van der Waals surface area (Å²) in [4.78, 5) is 6.55. The Labute approximate surface area is 123 Å². The summed E-state index contributed by atoms with van der Waals surface area (Å²) >= 11 is 0. The van der Waals surface area contributed by atoms with E-state index in [1.54, 1.807) is 0 Å². The van der Waals surface area contributed by atoms with E-state index in [-0.39, 0.29) is 0 Å². The molecule has 2 atom stereocenters. The monoisotopic (exact) mass is 275 g/mol. The van der Waals surface area contributed by atoms with Gasteiger partial charge in [0.05, 0.1) is 5.69 Å². The van der Waals surface area contributed by atoms with Crippen LogP contribution in [0.1, 0.15) is 46.0 Å². The molecule has 1 aliphatic rings. The average Bonchev–Trinajstić information content (AvgIpc) is 2.38. The van der Waals surface area contributed by atoms with Crippen LogP contribution in [0.15, 0.2) is 18.3 Å². The number of anilines is 2. The number of nitrogens with one attached hydrogen (secondary N) is 1. The summed E-state index contributed by atoms with van der Waals surface area (Å²) in [6, 6.07) is 4.77. The number of hydrogen-bond donors (Lipinski definition) is 1. The Hall–Kier alpha value is -1.25. The van der Waals surface area contributed by atoms with E-state index in [1.165, 1.54) is 37.8 Å². The van der Waals surface area contributed by atoms with Gasteiger partial charge in [0.25, 0.3) is 0 Å². The lowest BCUT2D eigenvalue weighted by atomic mass is 9.81. The van der Waals surface area contributed by atoms with E-state index >= 15 is 0 Å². The van der Waals surface area contributed by atoms with E-state index in [0.29, 0.717) is 6.04 Å². The molecule has 3 heteroatoms. The first-order valence-corrected chi connectivity index (χ1v) is 7.95. The van der Waals surface area contributed by atoms with Gasteiger partial charge < -0.3 is 10.2 Å². The van der Waals surface area contributed by atoms with Gasteiger partial charge >= 0.3 is 0 Å². The standard InChI is InChI=1S/C17H29N3/c1-13(2)11-14-7-5-8-15(12-14)19-16-9-6-10-18-17(16)20(3)4/h6,9-10,13-15,19H,5,7-8,11-12H2,1-4H3. The van der Waals surface area contributed by atoms with Crippen molar-refractivity contribution >= 4 is 11.5 Å². The molecule has 1 N–H and O–H groups in total. The zero-order valence-electron chi connectivity index (χ0n) is 13.4. The number of nitrogens with zero attached hydrogens (tertiary/aromatic N) is 2. The van der Waals surface area contributed by atoms with Crippen LogP contribution >= 0.6 is 0 Å². The van der Waals surface area contributed by atoms with Crippen LogP contribution in [0.3, 0.4) is 0 Å². The summed E-state index contributed by atoms with van der Waals surface area (Å²) in [7, 11) is 4.10. The summed E-state index contributed by atoms with van der Waals surface area (Å²) in [6.07, 6.45) is 8.58. The van der Waals surface area contributed by atoms with Gasteiger partial charge in [0.1, 0.15) is 0 Å². The first-order chi connectivity index (χ1) is 9.56. The third kappa shape index (κ3) is 4.12. The fourth-order valence-electron chi connectivity index (χ4n) is 3.39. The molecule has 0 amide bonds. The molecule has 1 fully saturated rings. The minimum atomic E-state index is 0.607. The minimum Gasteiger partial charge on any atom is -0.379 e. The Morgan fingerprint density at radius 3 is 2.85 bits per heavy atom. The van der Waals surface area contributed by atoms with Crippen LogP contribution in [-0.2, 0) is 0 Å². The van der Waals surface area contributed by atoms with Gasteiger partial charge in [-0.2, -0.15) is 0 Å². The van der Waals surface area contributed by atoms with Gasteiger partial charge in [-0.1, -0.05) is 26.7 Å². The van der Waals surface area contributed by atoms with Crippen LogP contribution in [0.25, 0.3) is 0 Å². The van der Waals surface area contributed by atoms with Gasteiger partial charge in [-0.15, -0.1) is 0 Å². The third-order valence-corrected chi connectivity index (χ3v) is 4.16. The Morgan fingerprint density at radius 1 is 1.35 bits per heavy atom. The molecule has 0 bridgehead atoms.